The van der Waals surface area contributed by atoms with Gasteiger partial charge in [0, 0.05) is 32.0 Å². The molecule has 0 saturated heterocycles. The van der Waals surface area contributed by atoms with Crippen LogP contribution in [0, 0.1) is 12.3 Å². The monoisotopic (exact) mass is 251 g/mol. The highest BCUT2D eigenvalue weighted by molar-refractivity contribution is 5.31. The first-order chi connectivity index (χ1) is 8.54. The SMILES string of the molecule is CCOCCCNc1nc(C)cn1C1CC1(C)C. The van der Waals surface area contributed by atoms with Crippen molar-refractivity contribution in [1.29, 1.82) is 0 Å². The number of hydrogen-bond donors (Lipinski definition) is 1. The van der Waals surface area contributed by atoms with Crippen LogP contribution in [0.5, 0.6) is 0 Å². The normalized spacial score (nSPS) is 21.0. The van der Waals surface area contributed by atoms with E-state index in [2.05, 4.69) is 41.8 Å². The second-order valence-corrected chi connectivity index (χ2v) is 5.80. The van der Waals surface area contributed by atoms with Crippen LogP contribution in [0.3, 0.4) is 0 Å². The lowest BCUT2D eigenvalue weighted by Crippen LogP contribution is -2.11. The maximum absolute atomic E-state index is 5.33. The molecule has 1 aliphatic carbocycles. The van der Waals surface area contributed by atoms with Crippen LogP contribution in [0.1, 0.15) is 45.3 Å². The Labute approximate surface area is 110 Å². The van der Waals surface area contributed by atoms with Crippen molar-refractivity contribution in [3.8, 4) is 0 Å². The Morgan fingerprint density at radius 3 is 2.89 bits per heavy atom. The highest BCUT2D eigenvalue weighted by Gasteiger charge is 2.47. The van der Waals surface area contributed by atoms with Gasteiger partial charge in [-0.2, -0.15) is 0 Å². The first-order valence-electron chi connectivity index (χ1n) is 6.91. The molecule has 18 heavy (non-hydrogen) atoms. The Morgan fingerprint density at radius 1 is 1.56 bits per heavy atom. The fraction of sp³-hybridized carbons (Fsp3) is 0.786. The van der Waals surface area contributed by atoms with Crippen LogP contribution in [0.2, 0.25) is 0 Å². The summed E-state index contributed by atoms with van der Waals surface area (Å²) in [6.07, 6.45) is 4.43. The number of rotatable bonds is 7. The lowest BCUT2D eigenvalue weighted by molar-refractivity contribution is 0.147. The number of ether oxygens (including phenoxy) is 1. The van der Waals surface area contributed by atoms with Crippen molar-refractivity contribution >= 4 is 5.95 Å². The molecule has 0 aliphatic heterocycles. The van der Waals surface area contributed by atoms with Gasteiger partial charge in [-0.15, -0.1) is 0 Å². The van der Waals surface area contributed by atoms with E-state index in [9.17, 15) is 0 Å². The van der Waals surface area contributed by atoms with Gasteiger partial charge in [0.05, 0.1) is 5.69 Å². The molecule has 0 amide bonds. The van der Waals surface area contributed by atoms with Gasteiger partial charge < -0.3 is 14.6 Å². The molecule has 1 N–H and O–H groups in total. The number of hydrogen-bond acceptors (Lipinski definition) is 3. The van der Waals surface area contributed by atoms with Crippen LogP contribution in [-0.4, -0.2) is 29.3 Å². The van der Waals surface area contributed by atoms with Crippen molar-refractivity contribution in [3.05, 3.63) is 11.9 Å². The number of anilines is 1. The standard InChI is InChI=1S/C14H25N3O/c1-5-18-8-6-7-15-13-16-11(2)10-17(13)12-9-14(12,3)4/h10,12H,5-9H2,1-4H3,(H,15,16). The summed E-state index contributed by atoms with van der Waals surface area (Å²) < 4.78 is 7.63. The summed E-state index contributed by atoms with van der Waals surface area (Å²) in [5.41, 5.74) is 1.51. The molecule has 1 aliphatic rings. The number of aryl methyl sites for hydroxylation is 1. The van der Waals surface area contributed by atoms with E-state index < -0.39 is 0 Å². The molecule has 1 saturated carbocycles. The largest absolute Gasteiger partial charge is 0.382 e. The molecule has 0 spiro atoms. The molecular weight excluding hydrogens is 226 g/mol. The summed E-state index contributed by atoms with van der Waals surface area (Å²) in [4.78, 5) is 4.57. The van der Waals surface area contributed by atoms with Crippen LogP contribution < -0.4 is 5.32 Å². The van der Waals surface area contributed by atoms with E-state index >= 15 is 0 Å². The molecule has 1 fully saturated rings. The topological polar surface area (TPSA) is 39.1 Å². The average Bonchev–Trinajstić information content (AvgIpc) is 2.77. The van der Waals surface area contributed by atoms with Gasteiger partial charge >= 0.3 is 0 Å². The lowest BCUT2D eigenvalue weighted by atomic mass is 10.2. The maximum Gasteiger partial charge on any atom is 0.203 e. The van der Waals surface area contributed by atoms with Gasteiger partial charge in [0.25, 0.3) is 0 Å². The quantitative estimate of drug-likeness (QED) is 0.757. The molecule has 2 rings (SSSR count). The third-order valence-corrected chi connectivity index (χ3v) is 3.60. The number of nitrogens with one attached hydrogen (secondary N) is 1. The zero-order valence-corrected chi connectivity index (χ0v) is 12.0. The first-order valence-corrected chi connectivity index (χ1v) is 6.91. The van der Waals surface area contributed by atoms with Crippen LogP contribution in [0.25, 0.3) is 0 Å². The predicted molar refractivity (Wildman–Crippen MR) is 74.0 cm³/mol. The van der Waals surface area contributed by atoms with Gasteiger partial charge in [0.15, 0.2) is 0 Å². The minimum absolute atomic E-state index is 0.425. The van der Waals surface area contributed by atoms with Gasteiger partial charge in [-0.3, -0.25) is 0 Å². The summed E-state index contributed by atoms with van der Waals surface area (Å²) in [7, 11) is 0. The minimum atomic E-state index is 0.425. The molecule has 1 aromatic rings. The van der Waals surface area contributed by atoms with Crippen LogP contribution >= 0.6 is 0 Å². The third kappa shape index (κ3) is 3.05. The van der Waals surface area contributed by atoms with Gasteiger partial charge in [-0.05, 0) is 32.1 Å². The van der Waals surface area contributed by atoms with E-state index in [1.807, 2.05) is 6.92 Å². The average molecular weight is 251 g/mol. The Bertz CT molecular complexity index is 398. The first kappa shape index (κ1) is 13.4. The van der Waals surface area contributed by atoms with Crippen LogP contribution in [0.15, 0.2) is 6.20 Å². The van der Waals surface area contributed by atoms with Gasteiger partial charge in [-0.1, -0.05) is 13.8 Å². The Hall–Kier alpha value is -1.03. The van der Waals surface area contributed by atoms with Gasteiger partial charge in [-0.25, -0.2) is 4.98 Å². The molecule has 1 atom stereocenters. The summed E-state index contributed by atoms with van der Waals surface area (Å²) in [6, 6.07) is 0.605. The molecular formula is C14H25N3O. The van der Waals surface area contributed by atoms with Gasteiger partial charge in [0.2, 0.25) is 5.95 Å². The molecule has 1 aromatic heterocycles. The lowest BCUT2D eigenvalue weighted by Gasteiger charge is -2.11. The van der Waals surface area contributed by atoms with E-state index in [0.29, 0.717) is 11.5 Å². The fourth-order valence-corrected chi connectivity index (χ4v) is 2.32. The summed E-state index contributed by atoms with van der Waals surface area (Å²) in [5, 5.41) is 3.42. The van der Waals surface area contributed by atoms with E-state index in [1.165, 1.54) is 6.42 Å². The fourth-order valence-electron chi connectivity index (χ4n) is 2.32. The molecule has 4 nitrogen and oxygen atoms in total. The number of nitrogens with zero attached hydrogens (tertiary/aromatic N) is 2. The maximum atomic E-state index is 5.33. The molecule has 0 bridgehead atoms. The zero-order chi connectivity index (χ0) is 13.2. The van der Waals surface area contributed by atoms with Crippen molar-refractivity contribution in [3.63, 3.8) is 0 Å². The van der Waals surface area contributed by atoms with E-state index in [4.69, 9.17) is 4.74 Å². The highest BCUT2D eigenvalue weighted by Crippen LogP contribution is 2.56. The highest BCUT2D eigenvalue weighted by atomic mass is 16.5. The molecule has 4 heteroatoms. The van der Waals surface area contributed by atoms with E-state index in [-0.39, 0.29) is 0 Å². The Morgan fingerprint density at radius 2 is 2.28 bits per heavy atom. The van der Waals surface area contributed by atoms with Crippen LogP contribution in [0.4, 0.5) is 5.95 Å². The van der Waals surface area contributed by atoms with Crippen LogP contribution in [-0.2, 0) is 4.74 Å². The molecule has 102 valence electrons. The van der Waals surface area contributed by atoms with Crippen molar-refractivity contribution in [1.82, 2.24) is 9.55 Å². The Kier molecular flexibility index (Phi) is 3.95. The third-order valence-electron chi connectivity index (χ3n) is 3.60. The second-order valence-electron chi connectivity index (χ2n) is 5.80. The number of aromatic nitrogens is 2. The smallest absolute Gasteiger partial charge is 0.203 e. The van der Waals surface area contributed by atoms with Crippen molar-refractivity contribution in [2.75, 3.05) is 25.1 Å². The minimum Gasteiger partial charge on any atom is -0.382 e. The van der Waals surface area contributed by atoms with Crippen molar-refractivity contribution in [2.24, 2.45) is 5.41 Å². The summed E-state index contributed by atoms with van der Waals surface area (Å²) in [6.45, 7) is 11.2. The molecule has 1 unspecified atom stereocenters. The molecule has 0 aromatic carbocycles. The van der Waals surface area contributed by atoms with Crippen molar-refractivity contribution < 1.29 is 4.74 Å². The number of imidazole rings is 1. The Balaban J connectivity index is 1.88. The van der Waals surface area contributed by atoms with E-state index in [0.717, 1.165) is 37.8 Å². The molecule has 0 radical (unpaired) electrons. The summed E-state index contributed by atoms with van der Waals surface area (Å²) in [5.74, 6) is 1.01. The van der Waals surface area contributed by atoms with Crippen molar-refractivity contribution in [2.45, 2.75) is 46.6 Å². The van der Waals surface area contributed by atoms with E-state index in [1.54, 1.807) is 0 Å². The predicted octanol–water partition coefficient (Wildman–Crippen LogP) is 3.00. The second kappa shape index (κ2) is 5.31. The zero-order valence-electron chi connectivity index (χ0n) is 12.0. The summed E-state index contributed by atoms with van der Waals surface area (Å²) >= 11 is 0. The van der Waals surface area contributed by atoms with Gasteiger partial charge in [0.1, 0.15) is 0 Å². The molecule has 1 heterocycles.